The topological polar surface area (TPSA) is 76.0 Å². The maximum atomic E-state index is 12.4. The minimum atomic E-state index is -3.45. The Morgan fingerprint density at radius 2 is 2.19 bits per heavy atom. The van der Waals surface area contributed by atoms with Crippen LogP contribution >= 0.6 is 0 Å². The second-order valence-electron chi connectivity index (χ2n) is 6.26. The second kappa shape index (κ2) is 5.70. The fraction of sp³-hybridized carbons (Fsp3) is 0.786. The third-order valence-electron chi connectivity index (χ3n) is 4.61. The average molecular weight is 312 g/mol. The quantitative estimate of drug-likeness (QED) is 0.757. The van der Waals surface area contributed by atoms with Gasteiger partial charge in [-0.15, -0.1) is 0 Å². The highest BCUT2D eigenvalue weighted by atomic mass is 32.2. The maximum absolute atomic E-state index is 12.4. The Balaban J connectivity index is 1.60. The summed E-state index contributed by atoms with van der Waals surface area (Å²) in [6.45, 7) is 3.57. The van der Waals surface area contributed by atoms with Crippen LogP contribution in [0, 0.1) is 0 Å². The van der Waals surface area contributed by atoms with E-state index < -0.39 is 10.0 Å². The van der Waals surface area contributed by atoms with Gasteiger partial charge in [-0.25, -0.2) is 13.1 Å². The zero-order valence-corrected chi connectivity index (χ0v) is 13.3. The van der Waals surface area contributed by atoms with E-state index in [4.69, 9.17) is 0 Å². The maximum Gasteiger partial charge on any atom is 0.244 e. The number of aromatic nitrogens is 2. The Labute approximate surface area is 126 Å². The first kappa shape index (κ1) is 15.0. The molecular weight excluding hydrogens is 288 g/mol. The summed E-state index contributed by atoms with van der Waals surface area (Å²) in [5.74, 6) is 0. The highest BCUT2D eigenvalue weighted by Crippen LogP contribution is 2.35. The molecule has 1 heterocycles. The summed E-state index contributed by atoms with van der Waals surface area (Å²) in [5.41, 5.74) is -0.228. The molecular formula is C14H24N4O2S. The summed E-state index contributed by atoms with van der Waals surface area (Å²) < 4.78 is 29.4. The molecule has 0 bridgehead atoms. The molecule has 1 aromatic rings. The van der Waals surface area contributed by atoms with Gasteiger partial charge in [0, 0.05) is 24.3 Å². The van der Waals surface area contributed by atoms with Crippen LogP contribution in [-0.2, 0) is 16.6 Å². The number of nitrogens with zero attached hydrogens (tertiary/aromatic N) is 2. The largest absolute Gasteiger partial charge is 0.312 e. The first-order valence-electron chi connectivity index (χ1n) is 7.83. The van der Waals surface area contributed by atoms with Gasteiger partial charge in [-0.05, 0) is 38.5 Å². The lowest BCUT2D eigenvalue weighted by Crippen LogP contribution is -2.52. The number of sulfonamides is 1. The fourth-order valence-electron chi connectivity index (χ4n) is 2.75. The molecule has 3 rings (SSSR count). The molecule has 0 spiro atoms. The molecule has 2 aliphatic carbocycles. The Bertz CT molecular complexity index is 582. The van der Waals surface area contributed by atoms with E-state index in [-0.39, 0.29) is 10.4 Å². The van der Waals surface area contributed by atoms with Gasteiger partial charge in [-0.3, -0.25) is 4.68 Å². The second-order valence-corrected chi connectivity index (χ2v) is 7.94. The number of hydrogen-bond donors (Lipinski definition) is 2. The van der Waals surface area contributed by atoms with Crippen LogP contribution in [0.1, 0.15) is 45.4 Å². The molecule has 2 saturated carbocycles. The van der Waals surface area contributed by atoms with Crippen molar-refractivity contribution < 1.29 is 8.42 Å². The number of hydrogen-bond acceptors (Lipinski definition) is 4. The lowest BCUT2D eigenvalue weighted by atomic mass is 9.76. The summed E-state index contributed by atoms with van der Waals surface area (Å²) in [4.78, 5) is 0.272. The summed E-state index contributed by atoms with van der Waals surface area (Å²) in [7, 11) is -3.45. The Kier molecular flexibility index (Phi) is 4.07. The molecule has 0 saturated heterocycles. The molecule has 6 nitrogen and oxygen atoms in total. The van der Waals surface area contributed by atoms with E-state index in [0.717, 1.165) is 32.2 Å². The molecule has 0 aromatic carbocycles. The van der Waals surface area contributed by atoms with Crippen LogP contribution in [-0.4, -0.2) is 36.3 Å². The molecule has 0 amide bonds. The molecule has 2 fully saturated rings. The summed E-state index contributed by atoms with van der Waals surface area (Å²) >= 11 is 0. The predicted octanol–water partition coefficient (Wildman–Crippen LogP) is 1.25. The molecule has 118 valence electrons. The molecule has 7 heteroatoms. The highest BCUT2D eigenvalue weighted by molar-refractivity contribution is 7.89. The number of nitrogens with one attached hydrogen (secondary N) is 2. The monoisotopic (exact) mass is 312 g/mol. The van der Waals surface area contributed by atoms with Crippen LogP contribution in [0.2, 0.25) is 0 Å². The van der Waals surface area contributed by atoms with Crippen LogP contribution in [0.4, 0.5) is 0 Å². The Morgan fingerprint density at radius 1 is 1.43 bits per heavy atom. The van der Waals surface area contributed by atoms with E-state index in [1.165, 1.54) is 19.0 Å². The van der Waals surface area contributed by atoms with Crippen molar-refractivity contribution in [2.75, 3.05) is 6.54 Å². The molecule has 0 unspecified atom stereocenters. The molecule has 21 heavy (non-hydrogen) atoms. The van der Waals surface area contributed by atoms with Crippen molar-refractivity contribution in [2.45, 2.75) is 68.5 Å². The zero-order valence-electron chi connectivity index (χ0n) is 12.5. The Hall–Kier alpha value is -0.920. The van der Waals surface area contributed by atoms with Gasteiger partial charge in [-0.2, -0.15) is 5.10 Å². The van der Waals surface area contributed by atoms with E-state index in [1.807, 2.05) is 6.92 Å². The lowest BCUT2D eigenvalue weighted by Gasteiger charge is -2.41. The van der Waals surface area contributed by atoms with Gasteiger partial charge in [0.2, 0.25) is 10.0 Å². The first-order chi connectivity index (χ1) is 10.0. The van der Waals surface area contributed by atoms with Gasteiger partial charge < -0.3 is 5.32 Å². The normalized spacial score (nSPS) is 21.2. The molecule has 2 aliphatic rings. The van der Waals surface area contributed by atoms with Gasteiger partial charge in [0.1, 0.15) is 4.90 Å². The minimum absolute atomic E-state index is 0.228. The van der Waals surface area contributed by atoms with Gasteiger partial charge in [-0.1, -0.05) is 6.92 Å². The molecule has 0 radical (unpaired) electrons. The van der Waals surface area contributed by atoms with Crippen LogP contribution in [0.3, 0.4) is 0 Å². The van der Waals surface area contributed by atoms with E-state index in [1.54, 1.807) is 10.9 Å². The summed E-state index contributed by atoms with van der Waals surface area (Å²) in [6, 6.07) is 0.661. The molecule has 1 aromatic heterocycles. The van der Waals surface area contributed by atoms with Crippen molar-refractivity contribution in [3.05, 3.63) is 12.4 Å². The average Bonchev–Trinajstić information content (AvgIpc) is 3.09. The molecule has 0 aliphatic heterocycles. The van der Waals surface area contributed by atoms with E-state index in [2.05, 4.69) is 15.1 Å². The fourth-order valence-corrected chi connectivity index (χ4v) is 4.23. The lowest BCUT2D eigenvalue weighted by molar-refractivity contribution is 0.214. The summed E-state index contributed by atoms with van der Waals surface area (Å²) in [6.07, 6.45) is 9.38. The van der Waals surface area contributed by atoms with Crippen LogP contribution in [0.5, 0.6) is 0 Å². The first-order valence-corrected chi connectivity index (χ1v) is 9.31. The number of rotatable bonds is 8. The third kappa shape index (κ3) is 3.46. The van der Waals surface area contributed by atoms with Crippen LogP contribution in [0.25, 0.3) is 0 Å². The van der Waals surface area contributed by atoms with Gasteiger partial charge in [0.25, 0.3) is 0 Å². The SMILES string of the molecule is CCC1(NS(=O)(=O)c2cnn(CCNC3CC3)c2)CCC1. The van der Waals surface area contributed by atoms with Gasteiger partial charge in [0.05, 0.1) is 12.7 Å². The van der Waals surface area contributed by atoms with Crippen molar-refractivity contribution >= 4 is 10.0 Å². The van der Waals surface area contributed by atoms with Gasteiger partial charge in [0.15, 0.2) is 0 Å². The minimum Gasteiger partial charge on any atom is -0.312 e. The summed E-state index contributed by atoms with van der Waals surface area (Å²) in [5, 5.41) is 7.55. The van der Waals surface area contributed by atoms with Crippen molar-refractivity contribution in [3.63, 3.8) is 0 Å². The van der Waals surface area contributed by atoms with Crippen molar-refractivity contribution in [2.24, 2.45) is 0 Å². The highest BCUT2D eigenvalue weighted by Gasteiger charge is 2.39. The van der Waals surface area contributed by atoms with E-state index in [0.29, 0.717) is 12.6 Å². The van der Waals surface area contributed by atoms with E-state index in [9.17, 15) is 8.42 Å². The van der Waals surface area contributed by atoms with Crippen molar-refractivity contribution in [1.29, 1.82) is 0 Å². The standard InChI is InChI=1S/C14H24N4O2S/c1-2-14(6-3-7-14)17-21(19,20)13-10-16-18(11-13)9-8-15-12-4-5-12/h10-12,15,17H,2-9H2,1H3. The van der Waals surface area contributed by atoms with E-state index >= 15 is 0 Å². The third-order valence-corrected chi connectivity index (χ3v) is 6.14. The molecule has 2 N–H and O–H groups in total. The zero-order chi connectivity index (χ0) is 14.9. The van der Waals surface area contributed by atoms with Crippen LogP contribution < -0.4 is 10.0 Å². The molecule has 0 atom stereocenters. The smallest absolute Gasteiger partial charge is 0.244 e. The predicted molar refractivity (Wildman–Crippen MR) is 80.4 cm³/mol. The van der Waals surface area contributed by atoms with Crippen LogP contribution in [0.15, 0.2) is 17.3 Å². The van der Waals surface area contributed by atoms with Crippen molar-refractivity contribution in [1.82, 2.24) is 19.8 Å². The van der Waals surface area contributed by atoms with Gasteiger partial charge >= 0.3 is 0 Å². The van der Waals surface area contributed by atoms with Crippen molar-refractivity contribution in [3.8, 4) is 0 Å². The Morgan fingerprint density at radius 3 is 2.76 bits per heavy atom.